The van der Waals surface area contributed by atoms with Crippen LogP contribution in [0.25, 0.3) is 0 Å². The highest BCUT2D eigenvalue weighted by Gasteiger charge is 2.35. The molecule has 144 valence electrons. The Bertz CT molecular complexity index is 940. The van der Waals surface area contributed by atoms with Gasteiger partial charge in [-0.3, -0.25) is 9.10 Å². The first kappa shape index (κ1) is 19.4. The van der Waals surface area contributed by atoms with Gasteiger partial charge in [0.05, 0.1) is 11.9 Å². The molecule has 0 spiro atoms. The average molecular weight is 387 g/mol. The smallest absolute Gasteiger partial charge is 0.246 e. The summed E-state index contributed by atoms with van der Waals surface area (Å²) in [7, 11) is -3.60. The first-order valence-corrected chi connectivity index (χ1v) is 11.1. The SMILES string of the molecule is CC[C@H](C(=O)N1CCc2ccccc2C1)N(c1cccc(C)c1)S(C)(=O)=O. The third kappa shape index (κ3) is 4.16. The van der Waals surface area contributed by atoms with Gasteiger partial charge in [-0.2, -0.15) is 0 Å². The molecule has 0 fully saturated rings. The standard InChI is InChI=1S/C21H26N2O3S/c1-4-20(23(27(3,25)26)19-11-7-8-16(2)14-19)21(24)22-13-12-17-9-5-6-10-18(17)15-22/h5-11,14,20H,4,12-13,15H2,1-3H3/t20-/m1/s1. The summed E-state index contributed by atoms with van der Waals surface area (Å²) in [5.74, 6) is -0.140. The van der Waals surface area contributed by atoms with Crippen LogP contribution in [0.2, 0.25) is 0 Å². The minimum atomic E-state index is -3.60. The zero-order valence-corrected chi connectivity index (χ0v) is 16.9. The van der Waals surface area contributed by atoms with Crippen LogP contribution in [0.4, 0.5) is 5.69 Å². The molecule has 3 rings (SSSR count). The molecule has 0 saturated heterocycles. The van der Waals surface area contributed by atoms with Crippen LogP contribution >= 0.6 is 0 Å². The molecule has 2 aromatic carbocycles. The molecule has 27 heavy (non-hydrogen) atoms. The van der Waals surface area contributed by atoms with E-state index in [0.29, 0.717) is 25.2 Å². The van der Waals surface area contributed by atoms with Crippen LogP contribution in [0.15, 0.2) is 48.5 Å². The van der Waals surface area contributed by atoms with E-state index in [9.17, 15) is 13.2 Å². The summed E-state index contributed by atoms with van der Waals surface area (Å²) in [6, 6.07) is 14.6. The van der Waals surface area contributed by atoms with Crippen LogP contribution in [0.1, 0.15) is 30.0 Å². The molecule has 0 bridgehead atoms. The maximum Gasteiger partial charge on any atom is 0.246 e. The zero-order valence-electron chi connectivity index (χ0n) is 16.1. The van der Waals surface area contributed by atoms with Gasteiger partial charge in [0.1, 0.15) is 6.04 Å². The van der Waals surface area contributed by atoms with E-state index in [1.54, 1.807) is 11.0 Å². The monoisotopic (exact) mass is 386 g/mol. The molecular formula is C21H26N2O3S. The fraction of sp³-hybridized carbons (Fsp3) is 0.381. The van der Waals surface area contributed by atoms with E-state index in [1.807, 2.05) is 50.2 Å². The van der Waals surface area contributed by atoms with Gasteiger partial charge in [-0.15, -0.1) is 0 Å². The van der Waals surface area contributed by atoms with Crippen LogP contribution < -0.4 is 4.31 Å². The molecule has 1 amide bonds. The van der Waals surface area contributed by atoms with Crippen molar-refractivity contribution in [2.24, 2.45) is 0 Å². The Morgan fingerprint density at radius 3 is 2.48 bits per heavy atom. The molecular weight excluding hydrogens is 360 g/mol. The Morgan fingerprint density at radius 1 is 1.15 bits per heavy atom. The first-order valence-electron chi connectivity index (χ1n) is 9.23. The van der Waals surface area contributed by atoms with E-state index < -0.39 is 16.1 Å². The first-order chi connectivity index (χ1) is 12.8. The number of fused-ring (bicyclic) bond motifs is 1. The Hall–Kier alpha value is -2.34. The van der Waals surface area contributed by atoms with E-state index >= 15 is 0 Å². The number of benzene rings is 2. The summed E-state index contributed by atoms with van der Waals surface area (Å²) in [4.78, 5) is 15.1. The number of amides is 1. The van der Waals surface area contributed by atoms with E-state index in [-0.39, 0.29) is 5.91 Å². The quantitative estimate of drug-likeness (QED) is 0.793. The number of carbonyl (C=O) groups is 1. The van der Waals surface area contributed by atoms with Gasteiger partial charge in [0.2, 0.25) is 15.9 Å². The van der Waals surface area contributed by atoms with Crippen molar-refractivity contribution in [3.8, 4) is 0 Å². The maximum atomic E-state index is 13.3. The van der Waals surface area contributed by atoms with Crippen LogP contribution in [0.5, 0.6) is 0 Å². The Morgan fingerprint density at radius 2 is 1.85 bits per heavy atom. The van der Waals surface area contributed by atoms with Gasteiger partial charge in [-0.1, -0.05) is 43.3 Å². The minimum absolute atomic E-state index is 0.140. The van der Waals surface area contributed by atoms with E-state index in [2.05, 4.69) is 6.07 Å². The molecule has 1 aliphatic rings. The summed E-state index contributed by atoms with van der Waals surface area (Å²) >= 11 is 0. The maximum absolute atomic E-state index is 13.3. The van der Waals surface area contributed by atoms with E-state index in [4.69, 9.17) is 0 Å². The Balaban J connectivity index is 1.93. The molecule has 0 unspecified atom stereocenters. The summed E-state index contributed by atoms with van der Waals surface area (Å²) in [6.45, 7) is 4.90. The number of anilines is 1. The van der Waals surface area contributed by atoms with Crippen molar-refractivity contribution in [1.82, 2.24) is 4.90 Å². The Labute approximate surface area is 161 Å². The van der Waals surface area contributed by atoms with Crippen molar-refractivity contribution in [2.45, 2.75) is 39.3 Å². The second-order valence-electron chi connectivity index (χ2n) is 7.10. The normalized spacial score (nSPS) is 15.1. The third-order valence-corrected chi connectivity index (χ3v) is 6.19. The van der Waals surface area contributed by atoms with Gasteiger partial charge in [0, 0.05) is 13.1 Å². The molecule has 6 heteroatoms. The van der Waals surface area contributed by atoms with E-state index in [1.165, 1.54) is 9.87 Å². The molecule has 1 atom stereocenters. The number of carbonyl (C=O) groups excluding carboxylic acids is 1. The van der Waals surface area contributed by atoms with Gasteiger partial charge >= 0.3 is 0 Å². The van der Waals surface area contributed by atoms with Crippen molar-refractivity contribution >= 4 is 21.6 Å². The highest BCUT2D eigenvalue weighted by atomic mass is 32.2. The van der Waals surface area contributed by atoms with Crippen LogP contribution in [0, 0.1) is 6.92 Å². The number of nitrogens with zero attached hydrogens (tertiary/aromatic N) is 2. The van der Waals surface area contributed by atoms with Crippen molar-refractivity contribution in [1.29, 1.82) is 0 Å². The fourth-order valence-electron chi connectivity index (χ4n) is 3.70. The molecule has 2 aromatic rings. The highest BCUT2D eigenvalue weighted by molar-refractivity contribution is 7.92. The third-order valence-electron chi connectivity index (χ3n) is 5.01. The summed E-state index contributed by atoms with van der Waals surface area (Å²) in [5.41, 5.74) is 3.88. The van der Waals surface area contributed by atoms with Crippen molar-refractivity contribution in [3.05, 3.63) is 65.2 Å². The van der Waals surface area contributed by atoms with Gasteiger partial charge in [-0.05, 0) is 48.6 Å². The minimum Gasteiger partial charge on any atom is -0.336 e. The second kappa shape index (κ2) is 7.72. The fourth-order valence-corrected chi connectivity index (χ4v) is 4.90. The van der Waals surface area contributed by atoms with Gasteiger partial charge < -0.3 is 4.90 Å². The lowest BCUT2D eigenvalue weighted by atomic mass is 9.99. The number of aryl methyl sites for hydroxylation is 1. The molecule has 0 aromatic heterocycles. The summed E-state index contributed by atoms with van der Waals surface area (Å²) < 4.78 is 26.4. The predicted octanol–water partition coefficient (Wildman–Crippen LogP) is 3.12. The number of rotatable bonds is 5. The second-order valence-corrected chi connectivity index (χ2v) is 8.96. The predicted molar refractivity (Wildman–Crippen MR) is 108 cm³/mol. The molecule has 0 radical (unpaired) electrons. The van der Waals surface area contributed by atoms with E-state index in [0.717, 1.165) is 23.8 Å². The topological polar surface area (TPSA) is 57.7 Å². The van der Waals surface area contributed by atoms with Crippen LogP contribution in [-0.2, 0) is 27.8 Å². The van der Waals surface area contributed by atoms with Crippen molar-refractivity contribution < 1.29 is 13.2 Å². The van der Waals surface area contributed by atoms with Gasteiger partial charge in [0.15, 0.2) is 0 Å². The largest absolute Gasteiger partial charge is 0.336 e. The molecule has 5 nitrogen and oxygen atoms in total. The van der Waals surface area contributed by atoms with Crippen LogP contribution in [-0.4, -0.2) is 38.1 Å². The number of sulfonamides is 1. The number of hydrogen-bond acceptors (Lipinski definition) is 3. The van der Waals surface area contributed by atoms with Crippen molar-refractivity contribution in [3.63, 3.8) is 0 Å². The van der Waals surface area contributed by atoms with Gasteiger partial charge in [0.25, 0.3) is 0 Å². The highest BCUT2D eigenvalue weighted by Crippen LogP contribution is 2.26. The summed E-state index contributed by atoms with van der Waals surface area (Å²) in [5, 5.41) is 0. The lowest BCUT2D eigenvalue weighted by Crippen LogP contribution is -2.51. The molecule has 1 aliphatic heterocycles. The number of hydrogen-bond donors (Lipinski definition) is 0. The van der Waals surface area contributed by atoms with Crippen LogP contribution in [0.3, 0.4) is 0 Å². The average Bonchev–Trinajstić information content (AvgIpc) is 2.64. The van der Waals surface area contributed by atoms with Gasteiger partial charge in [-0.25, -0.2) is 8.42 Å². The molecule has 0 saturated carbocycles. The van der Waals surface area contributed by atoms with Crippen molar-refractivity contribution in [2.75, 3.05) is 17.1 Å². The molecule has 1 heterocycles. The molecule has 0 aliphatic carbocycles. The summed E-state index contributed by atoms with van der Waals surface area (Å²) in [6.07, 6.45) is 2.37. The lowest BCUT2D eigenvalue weighted by Gasteiger charge is -2.36. The lowest BCUT2D eigenvalue weighted by molar-refractivity contribution is -0.133. The Kier molecular flexibility index (Phi) is 5.56. The zero-order chi connectivity index (χ0) is 19.6. The molecule has 0 N–H and O–H groups in total.